The van der Waals surface area contributed by atoms with Crippen molar-refractivity contribution in [1.29, 1.82) is 0 Å². The van der Waals surface area contributed by atoms with Crippen LogP contribution in [0.25, 0.3) is 11.3 Å². The van der Waals surface area contributed by atoms with Crippen LogP contribution in [-0.2, 0) is 21.1 Å². The van der Waals surface area contributed by atoms with E-state index >= 15 is 0 Å². The van der Waals surface area contributed by atoms with Crippen LogP contribution >= 0.6 is 11.3 Å². The third kappa shape index (κ3) is 4.73. The number of rotatable bonds is 4. The first-order valence-electron chi connectivity index (χ1n) is 10.2. The van der Waals surface area contributed by atoms with Crippen LogP contribution in [0.4, 0.5) is 4.79 Å². The summed E-state index contributed by atoms with van der Waals surface area (Å²) in [7, 11) is -3.06. The number of urea groups is 1. The number of piperidine rings is 1. The van der Waals surface area contributed by atoms with E-state index in [1.807, 2.05) is 35.7 Å². The topological polar surface area (TPSA) is 87.7 Å². The van der Waals surface area contributed by atoms with Gasteiger partial charge in [0.2, 0.25) is 0 Å². The van der Waals surface area contributed by atoms with Gasteiger partial charge in [-0.2, -0.15) is 0 Å². The fourth-order valence-corrected chi connectivity index (χ4v) is 6.00. The summed E-state index contributed by atoms with van der Waals surface area (Å²) >= 11 is 1.46. The van der Waals surface area contributed by atoms with Crippen molar-refractivity contribution in [3.63, 3.8) is 0 Å². The largest absolute Gasteiger partial charge is 0.323 e. The van der Waals surface area contributed by atoms with Crippen LogP contribution in [0.5, 0.6) is 0 Å². The zero-order chi connectivity index (χ0) is 21.1. The van der Waals surface area contributed by atoms with Gasteiger partial charge in [0.1, 0.15) is 5.01 Å². The highest BCUT2D eigenvalue weighted by atomic mass is 32.2. The standard InChI is InChI=1S/C21H25N3O4S2/c25-19(14-20-22-17(15-29-20)16-6-2-1-3-7-16)18-8-4-5-9-24(18)21(26)23-10-12-30(27,28)13-11-23/h1-3,6-7,15,18H,4-5,8-14H2/t18-/m0/s1. The molecule has 1 aromatic carbocycles. The normalized spacial score (nSPS) is 21.4. The Kier molecular flexibility index (Phi) is 6.19. The first-order valence-corrected chi connectivity index (χ1v) is 12.9. The molecule has 2 aliphatic heterocycles. The molecule has 4 rings (SSSR count). The van der Waals surface area contributed by atoms with E-state index in [-0.39, 0.29) is 42.8 Å². The molecule has 2 aliphatic rings. The Bertz CT molecular complexity index is 1010. The number of hydrogen-bond acceptors (Lipinski definition) is 6. The molecule has 0 saturated carbocycles. The molecule has 0 spiro atoms. The van der Waals surface area contributed by atoms with E-state index in [1.54, 1.807) is 9.80 Å². The number of likely N-dealkylation sites (tertiary alicyclic amines) is 1. The van der Waals surface area contributed by atoms with Gasteiger partial charge in [0, 0.05) is 30.6 Å². The van der Waals surface area contributed by atoms with Crippen molar-refractivity contribution >= 4 is 33.0 Å². The van der Waals surface area contributed by atoms with Crippen molar-refractivity contribution in [2.45, 2.75) is 31.7 Å². The second kappa shape index (κ2) is 8.85. The smallest absolute Gasteiger partial charge is 0.320 e. The van der Waals surface area contributed by atoms with Crippen molar-refractivity contribution in [2.75, 3.05) is 31.1 Å². The minimum Gasteiger partial charge on any atom is -0.323 e. The number of benzene rings is 1. The van der Waals surface area contributed by atoms with Gasteiger partial charge in [-0.3, -0.25) is 4.79 Å². The summed E-state index contributed by atoms with van der Waals surface area (Å²) in [6.07, 6.45) is 2.62. The molecule has 2 amide bonds. The molecule has 1 aromatic heterocycles. The molecule has 160 valence electrons. The van der Waals surface area contributed by atoms with E-state index in [4.69, 9.17) is 0 Å². The van der Waals surface area contributed by atoms with E-state index in [0.717, 1.165) is 29.1 Å². The van der Waals surface area contributed by atoms with Crippen LogP contribution in [0.15, 0.2) is 35.7 Å². The number of amides is 2. The molecule has 2 fully saturated rings. The minimum atomic E-state index is -3.06. The molecular weight excluding hydrogens is 422 g/mol. The number of carbonyl (C=O) groups is 2. The Morgan fingerprint density at radius 3 is 2.53 bits per heavy atom. The Hall–Kier alpha value is -2.26. The maximum atomic E-state index is 13.1. The Morgan fingerprint density at radius 2 is 1.80 bits per heavy atom. The maximum absolute atomic E-state index is 13.1. The van der Waals surface area contributed by atoms with Gasteiger partial charge < -0.3 is 9.80 Å². The third-order valence-corrected chi connectivity index (χ3v) is 8.14. The number of Topliss-reactive ketones (excluding diaryl/α,β-unsaturated/α-hetero) is 1. The lowest BCUT2D eigenvalue weighted by Gasteiger charge is -2.39. The molecule has 0 aliphatic carbocycles. The third-order valence-electron chi connectivity index (χ3n) is 5.68. The second-order valence-electron chi connectivity index (χ2n) is 7.76. The van der Waals surface area contributed by atoms with Gasteiger partial charge in [0.25, 0.3) is 0 Å². The number of carbonyl (C=O) groups excluding carboxylic acids is 2. The molecule has 9 heteroatoms. The minimum absolute atomic E-state index is 0.00152. The average molecular weight is 448 g/mol. The van der Waals surface area contributed by atoms with Crippen LogP contribution in [0, 0.1) is 0 Å². The molecule has 30 heavy (non-hydrogen) atoms. The molecule has 1 atom stereocenters. The van der Waals surface area contributed by atoms with Crippen molar-refractivity contribution in [2.24, 2.45) is 0 Å². The molecule has 0 bridgehead atoms. The summed E-state index contributed by atoms with van der Waals surface area (Å²) in [5.41, 5.74) is 1.87. The Balaban J connectivity index is 1.43. The predicted molar refractivity (Wildman–Crippen MR) is 116 cm³/mol. The highest BCUT2D eigenvalue weighted by Gasteiger charge is 2.36. The van der Waals surface area contributed by atoms with Crippen molar-refractivity contribution in [1.82, 2.24) is 14.8 Å². The summed E-state index contributed by atoms with van der Waals surface area (Å²) in [5, 5.41) is 2.71. The summed E-state index contributed by atoms with van der Waals surface area (Å²) < 4.78 is 23.3. The molecule has 0 unspecified atom stereocenters. The van der Waals surface area contributed by atoms with Crippen molar-refractivity contribution in [3.8, 4) is 11.3 Å². The number of aromatic nitrogens is 1. The summed E-state index contributed by atoms with van der Waals surface area (Å²) in [6.45, 7) is 0.933. The Morgan fingerprint density at radius 1 is 1.07 bits per heavy atom. The van der Waals surface area contributed by atoms with Crippen LogP contribution < -0.4 is 0 Å². The maximum Gasteiger partial charge on any atom is 0.320 e. The second-order valence-corrected chi connectivity index (χ2v) is 11.0. The predicted octanol–water partition coefficient (Wildman–Crippen LogP) is 2.63. The van der Waals surface area contributed by atoms with Crippen LogP contribution in [0.3, 0.4) is 0 Å². The first-order chi connectivity index (χ1) is 14.4. The lowest BCUT2D eigenvalue weighted by molar-refractivity contribution is -0.123. The van der Waals surface area contributed by atoms with E-state index in [9.17, 15) is 18.0 Å². The van der Waals surface area contributed by atoms with Crippen molar-refractivity contribution in [3.05, 3.63) is 40.7 Å². The van der Waals surface area contributed by atoms with Gasteiger partial charge in [-0.15, -0.1) is 11.3 Å². The zero-order valence-corrected chi connectivity index (χ0v) is 18.3. The lowest BCUT2D eigenvalue weighted by atomic mass is 9.97. The van der Waals surface area contributed by atoms with Crippen LogP contribution in [-0.4, -0.2) is 72.2 Å². The number of nitrogens with zero attached hydrogens (tertiary/aromatic N) is 3. The molecule has 3 heterocycles. The molecule has 7 nitrogen and oxygen atoms in total. The number of hydrogen-bond donors (Lipinski definition) is 0. The van der Waals surface area contributed by atoms with Gasteiger partial charge in [0.05, 0.1) is 29.7 Å². The molecule has 2 aromatic rings. The fourth-order valence-electron chi connectivity index (χ4n) is 3.98. The summed E-state index contributed by atoms with van der Waals surface area (Å²) in [4.78, 5) is 33.9. The monoisotopic (exact) mass is 447 g/mol. The highest BCUT2D eigenvalue weighted by Crippen LogP contribution is 2.25. The van der Waals surface area contributed by atoms with Gasteiger partial charge in [-0.05, 0) is 19.3 Å². The van der Waals surface area contributed by atoms with Gasteiger partial charge in [0.15, 0.2) is 15.6 Å². The lowest BCUT2D eigenvalue weighted by Crippen LogP contribution is -2.56. The molecule has 0 N–H and O–H groups in total. The van der Waals surface area contributed by atoms with Crippen LogP contribution in [0.1, 0.15) is 24.3 Å². The van der Waals surface area contributed by atoms with Gasteiger partial charge >= 0.3 is 6.03 Å². The SMILES string of the molecule is O=C(Cc1nc(-c2ccccc2)cs1)[C@@H]1CCCCN1C(=O)N1CCS(=O)(=O)CC1. The van der Waals surface area contributed by atoms with Gasteiger partial charge in [-0.1, -0.05) is 30.3 Å². The molecule has 2 saturated heterocycles. The number of sulfone groups is 1. The van der Waals surface area contributed by atoms with E-state index in [0.29, 0.717) is 13.0 Å². The van der Waals surface area contributed by atoms with E-state index < -0.39 is 15.9 Å². The van der Waals surface area contributed by atoms with E-state index in [2.05, 4.69) is 4.98 Å². The summed E-state index contributed by atoms with van der Waals surface area (Å²) in [5.74, 6) is -0.0132. The highest BCUT2D eigenvalue weighted by molar-refractivity contribution is 7.91. The average Bonchev–Trinajstić information content (AvgIpc) is 3.22. The van der Waals surface area contributed by atoms with Gasteiger partial charge in [-0.25, -0.2) is 18.2 Å². The first kappa shape index (κ1) is 21.0. The summed E-state index contributed by atoms with van der Waals surface area (Å²) in [6, 6.07) is 9.16. The zero-order valence-electron chi connectivity index (χ0n) is 16.7. The Labute approximate surface area is 180 Å². The fraction of sp³-hybridized carbons (Fsp3) is 0.476. The molecule has 0 radical (unpaired) electrons. The molecular formula is C21H25N3O4S2. The van der Waals surface area contributed by atoms with Crippen molar-refractivity contribution < 1.29 is 18.0 Å². The quantitative estimate of drug-likeness (QED) is 0.719. The number of thiazole rings is 1. The number of ketones is 1. The van der Waals surface area contributed by atoms with Crippen LogP contribution in [0.2, 0.25) is 0 Å². The van der Waals surface area contributed by atoms with E-state index in [1.165, 1.54) is 11.3 Å².